The Morgan fingerprint density at radius 3 is 2.58 bits per heavy atom. The molecule has 0 bridgehead atoms. The molecule has 8 heteroatoms. The van der Waals surface area contributed by atoms with Crippen LogP contribution in [0.15, 0.2) is 77.3 Å². The average Bonchev–Trinajstić information content (AvgIpc) is 3.52. The number of carbonyl (C=O) groups is 2. The predicted octanol–water partition coefficient (Wildman–Crippen LogP) is 5.60. The van der Waals surface area contributed by atoms with Crippen molar-refractivity contribution in [1.82, 2.24) is 9.78 Å². The minimum absolute atomic E-state index is 0.0783. The number of hydrogen-bond donors (Lipinski definition) is 3. The number of aromatic carboxylic acids is 1. The van der Waals surface area contributed by atoms with Gasteiger partial charge < -0.3 is 15.5 Å². The maximum absolute atomic E-state index is 13.7. The second-order valence-corrected chi connectivity index (χ2v) is 10.1. The van der Waals surface area contributed by atoms with Gasteiger partial charge in [0.25, 0.3) is 0 Å². The van der Waals surface area contributed by atoms with E-state index in [2.05, 4.69) is 11.4 Å². The first kappa shape index (κ1) is 22.3. The average molecular weight is 498 g/mol. The third-order valence-corrected chi connectivity index (χ3v) is 8.03. The summed E-state index contributed by atoms with van der Waals surface area (Å²) in [6, 6.07) is 17.7. The van der Waals surface area contributed by atoms with Crippen molar-refractivity contribution in [2.24, 2.45) is 0 Å². The first-order valence-corrected chi connectivity index (χ1v) is 12.6. The van der Waals surface area contributed by atoms with Crippen molar-refractivity contribution in [3.8, 4) is 11.4 Å². The summed E-state index contributed by atoms with van der Waals surface area (Å²) < 4.78 is 1.64. The van der Waals surface area contributed by atoms with E-state index in [9.17, 15) is 19.8 Å². The standard InChI is InChI=1S/C28H23N3O4S/c1-15-24-25(16-8-10-18(32)11-9-16)26-20(13-17(14-22(26)33)23-7-4-12-36-23)29-27(24)31(30-15)21-6-3-2-5-19(21)28(34)35/h2-12,17,25,29,32H,13-14H2,1H3,(H,34,35). The summed E-state index contributed by atoms with van der Waals surface area (Å²) in [5, 5.41) is 30.0. The van der Waals surface area contributed by atoms with Gasteiger partial charge in [-0.25, -0.2) is 9.48 Å². The van der Waals surface area contributed by atoms with Gasteiger partial charge in [0.05, 0.1) is 16.9 Å². The van der Waals surface area contributed by atoms with E-state index in [-0.39, 0.29) is 28.9 Å². The van der Waals surface area contributed by atoms with Crippen molar-refractivity contribution in [1.29, 1.82) is 0 Å². The van der Waals surface area contributed by atoms with E-state index in [4.69, 9.17) is 5.10 Å². The number of carboxylic acids is 1. The lowest BCUT2D eigenvalue weighted by molar-refractivity contribution is -0.116. The summed E-state index contributed by atoms with van der Waals surface area (Å²) in [7, 11) is 0. The predicted molar refractivity (Wildman–Crippen MR) is 137 cm³/mol. The summed E-state index contributed by atoms with van der Waals surface area (Å²) in [6.45, 7) is 1.88. The second kappa shape index (κ2) is 8.49. The molecule has 1 aliphatic heterocycles. The number of para-hydroxylation sites is 1. The molecular weight excluding hydrogens is 474 g/mol. The highest BCUT2D eigenvalue weighted by atomic mass is 32.1. The molecule has 2 atom stereocenters. The molecule has 2 aliphatic rings. The van der Waals surface area contributed by atoms with Crippen LogP contribution >= 0.6 is 11.3 Å². The second-order valence-electron chi connectivity index (χ2n) is 9.17. The van der Waals surface area contributed by atoms with E-state index < -0.39 is 5.97 Å². The fourth-order valence-electron chi connectivity index (χ4n) is 5.41. The molecule has 0 radical (unpaired) electrons. The van der Waals surface area contributed by atoms with Crippen LogP contribution in [0.4, 0.5) is 5.82 Å². The van der Waals surface area contributed by atoms with Crippen molar-refractivity contribution >= 4 is 28.9 Å². The molecule has 0 fully saturated rings. The van der Waals surface area contributed by atoms with Crippen LogP contribution in [0.5, 0.6) is 5.75 Å². The van der Waals surface area contributed by atoms with Gasteiger partial charge in [0.1, 0.15) is 11.6 Å². The molecule has 2 unspecified atom stereocenters. The Bertz CT molecular complexity index is 1530. The largest absolute Gasteiger partial charge is 0.508 e. The zero-order valence-electron chi connectivity index (χ0n) is 19.4. The smallest absolute Gasteiger partial charge is 0.337 e. The number of rotatable bonds is 4. The molecule has 2 aromatic carbocycles. The molecule has 180 valence electrons. The molecule has 0 saturated carbocycles. The number of aromatic nitrogens is 2. The SMILES string of the molecule is Cc1nn(-c2ccccc2C(=O)O)c2c1C(c1ccc(O)cc1)C1=C(CC(c3cccs3)CC1=O)N2. The van der Waals surface area contributed by atoms with Crippen LogP contribution in [-0.4, -0.2) is 31.7 Å². The highest BCUT2D eigenvalue weighted by molar-refractivity contribution is 7.10. The fourth-order valence-corrected chi connectivity index (χ4v) is 6.25. The Morgan fingerprint density at radius 2 is 1.86 bits per heavy atom. The molecule has 0 saturated heterocycles. The number of Topliss-reactive ketones (excluding diaryl/α,β-unsaturated/α-hetero) is 1. The van der Waals surface area contributed by atoms with Gasteiger partial charge in [-0.05, 0) is 54.6 Å². The van der Waals surface area contributed by atoms with Gasteiger partial charge in [-0.1, -0.05) is 30.3 Å². The number of phenolic OH excluding ortho intramolecular Hbond substituents is 1. The Labute approximate surface area is 211 Å². The summed E-state index contributed by atoms with van der Waals surface area (Å²) in [5.41, 5.74) is 4.56. The third-order valence-electron chi connectivity index (χ3n) is 7.00. The number of ketones is 1. The van der Waals surface area contributed by atoms with Crippen LogP contribution in [0.25, 0.3) is 5.69 Å². The van der Waals surface area contributed by atoms with Gasteiger partial charge in [-0.2, -0.15) is 5.10 Å². The monoisotopic (exact) mass is 497 g/mol. The van der Waals surface area contributed by atoms with Crippen LogP contribution in [0.3, 0.4) is 0 Å². The molecule has 0 spiro atoms. The normalized spacial score (nSPS) is 19.0. The molecular formula is C28H23N3O4S. The Balaban J connectivity index is 1.56. The van der Waals surface area contributed by atoms with Crippen LogP contribution in [0.2, 0.25) is 0 Å². The van der Waals surface area contributed by atoms with Gasteiger partial charge >= 0.3 is 5.97 Å². The van der Waals surface area contributed by atoms with Crippen LogP contribution in [0, 0.1) is 6.92 Å². The summed E-state index contributed by atoms with van der Waals surface area (Å²) in [4.78, 5) is 26.8. The third kappa shape index (κ3) is 3.53. The van der Waals surface area contributed by atoms with Gasteiger partial charge in [0.15, 0.2) is 5.78 Å². The van der Waals surface area contributed by atoms with Crippen LogP contribution in [-0.2, 0) is 4.79 Å². The molecule has 3 heterocycles. The van der Waals surface area contributed by atoms with E-state index in [1.165, 1.54) is 4.88 Å². The lowest BCUT2D eigenvalue weighted by atomic mass is 9.73. The van der Waals surface area contributed by atoms with E-state index in [0.717, 1.165) is 22.4 Å². The van der Waals surface area contributed by atoms with Crippen molar-refractivity contribution in [2.75, 3.05) is 5.32 Å². The Kier molecular flexibility index (Phi) is 5.26. The molecule has 7 nitrogen and oxygen atoms in total. The summed E-state index contributed by atoms with van der Waals surface area (Å²) in [5.74, 6) is -0.433. The van der Waals surface area contributed by atoms with E-state index in [0.29, 0.717) is 30.0 Å². The minimum Gasteiger partial charge on any atom is -0.508 e. The molecule has 1 aliphatic carbocycles. The van der Waals surface area contributed by atoms with Crippen molar-refractivity contribution in [3.63, 3.8) is 0 Å². The number of aryl methyl sites for hydroxylation is 1. The number of aromatic hydroxyl groups is 1. The summed E-state index contributed by atoms with van der Waals surface area (Å²) >= 11 is 1.65. The minimum atomic E-state index is -1.04. The van der Waals surface area contributed by atoms with E-state index in [1.54, 1.807) is 52.4 Å². The number of anilines is 1. The number of hydrogen-bond acceptors (Lipinski definition) is 6. The first-order chi connectivity index (χ1) is 17.4. The quantitative estimate of drug-likeness (QED) is 0.339. The number of allylic oxidation sites excluding steroid dienone is 2. The molecule has 3 N–H and O–H groups in total. The molecule has 4 aromatic rings. The van der Waals surface area contributed by atoms with Gasteiger partial charge in [-0.15, -0.1) is 11.3 Å². The highest BCUT2D eigenvalue weighted by Gasteiger charge is 2.41. The highest BCUT2D eigenvalue weighted by Crippen LogP contribution is 2.50. The zero-order valence-corrected chi connectivity index (χ0v) is 20.2. The lowest BCUT2D eigenvalue weighted by Gasteiger charge is -2.35. The first-order valence-electron chi connectivity index (χ1n) is 11.7. The van der Waals surface area contributed by atoms with E-state index >= 15 is 0 Å². The van der Waals surface area contributed by atoms with Gasteiger partial charge in [0.2, 0.25) is 0 Å². The molecule has 0 amide bonds. The molecule has 2 aromatic heterocycles. The number of phenols is 1. The topological polar surface area (TPSA) is 104 Å². The van der Waals surface area contributed by atoms with Gasteiger partial charge in [0, 0.05) is 40.0 Å². The van der Waals surface area contributed by atoms with Gasteiger partial charge in [-0.3, -0.25) is 4.79 Å². The maximum atomic E-state index is 13.7. The Morgan fingerprint density at radius 1 is 1.08 bits per heavy atom. The number of nitrogens with zero attached hydrogens (tertiary/aromatic N) is 2. The lowest BCUT2D eigenvalue weighted by Crippen LogP contribution is -2.30. The molecule has 6 rings (SSSR count). The van der Waals surface area contributed by atoms with E-state index in [1.807, 2.05) is 30.5 Å². The number of carboxylic acid groups (broad SMARTS) is 1. The van der Waals surface area contributed by atoms with Crippen molar-refractivity contribution < 1.29 is 19.8 Å². The molecule has 36 heavy (non-hydrogen) atoms. The number of carbonyl (C=O) groups excluding carboxylic acids is 1. The zero-order chi connectivity index (χ0) is 25.0. The van der Waals surface area contributed by atoms with Crippen molar-refractivity contribution in [2.45, 2.75) is 31.6 Å². The fraction of sp³-hybridized carbons (Fsp3) is 0.179. The number of fused-ring (bicyclic) bond motifs is 1. The number of benzene rings is 2. The number of thiophene rings is 1. The maximum Gasteiger partial charge on any atom is 0.337 e. The summed E-state index contributed by atoms with van der Waals surface area (Å²) in [6.07, 6.45) is 1.10. The van der Waals surface area contributed by atoms with Crippen molar-refractivity contribution in [3.05, 3.63) is 105 Å². The Hall–Kier alpha value is -4.17. The number of nitrogens with one attached hydrogen (secondary N) is 1. The van der Waals surface area contributed by atoms with Crippen LogP contribution < -0.4 is 5.32 Å². The van der Waals surface area contributed by atoms with Crippen LogP contribution in [0.1, 0.15) is 56.7 Å².